The van der Waals surface area contributed by atoms with E-state index in [0.29, 0.717) is 24.1 Å². The number of amides is 1. The fraction of sp³-hybridized carbons (Fsp3) is 0.316. The van der Waals surface area contributed by atoms with Gasteiger partial charge in [0, 0.05) is 5.69 Å². The van der Waals surface area contributed by atoms with E-state index in [2.05, 4.69) is 5.32 Å². The van der Waals surface area contributed by atoms with Crippen LogP contribution in [0.3, 0.4) is 0 Å². The molecule has 0 saturated heterocycles. The van der Waals surface area contributed by atoms with E-state index in [9.17, 15) is 18.0 Å². The molecule has 0 heterocycles. The van der Waals surface area contributed by atoms with Crippen LogP contribution >= 0.6 is 0 Å². The largest absolute Gasteiger partial charge is 0.416 e. The van der Waals surface area contributed by atoms with Crippen LogP contribution in [0.5, 0.6) is 0 Å². The average molecular weight is 333 g/mol. The lowest BCUT2D eigenvalue weighted by atomic mass is 9.77. The Bertz CT molecular complexity index is 719. The van der Waals surface area contributed by atoms with Crippen molar-refractivity contribution in [2.24, 2.45) is 0 Å². The first-order chi connectivity index (χ1) is 11.4. The summed E-state index contributed by atoms with van der Waals surface area (Å²) >= 11 is 0. The van der Waals surface area contributed by atoms with E-state index in [1.165, 1.54) is 6.07 Å². The first kappa shape index (κ1) is 16.6. The molecule has 5 heteroatoms. The Morgan fingerprint density at radius 3 is 2.25 bits per heavy atom. The van der Waals surface area contributed by atoms with Crippen molar-refractivity contribution in [3.05, 3.63) is 65.7 Å². The van der Waals surface area contributed by atoms with Gasteiger partial charge in [0.25, 0.3) is 0 Å². The molecule has 1 saturated carbocycles. The molecular weight excluding hydrogens is 315 g/mol. The molecular formula is C19H18F3NO. The summed E-state index contributed by atoms with van der Waals surface area (Å²) in [6, 6.07) is 14.2. The summed E-state index contributed by atoms with van der Waals surface area (Å²) in [5, 5.41) is 2.86. The first-order valence-electron chi connectivity index (χ1n) is 7.96. The second-order valence-corrected chi connectivity index (χ2v) is 6.19. The van der Waals surface area contributed by atoms with Crippen molar-refractivity contribution in [3.63, 3.8) is 0 Å². The normalized spacial score (nSPS) is 16.8. The summed E-state index contributed by atoms with van der Waals surface area (Å²) in [5.41, 5.74) is -0.500. The van der Waals surface area contributed by atoms with Gasteiger partial charge in [0.2, 0.25) is 5.91 Å². The average Bonchev–Trinajstić information content (AvgIpc) is 3.06. The standard InChI is InChI=1S/C19H18F3NO/c20-19(21,22)15-8-6-7-14(13-15)18(11-4-5-12-18)17(24)23-16-9-2-1-3-10-16/h1-3,6-10,13H,4-5,11-12H2,(H,23,24). The van der Waals surface area contributed by atoms with E-state index < -0.39 is 17.2 Å². The molecule has 24 heavy (non-hydrogen) atoms. The van der Waals surface area contributed by atoms with Gasteiger partial charge in [-0.25, -0.2) is 0 Å². The molecule has 1 aliphatic rings. The van der Waals surface area contributed by atoms with Crippen LogP contribution < -0.4 is 5.32 Å². The summed E-state index contributed by atoms with van der Waals surface area (Å²) < 4.78 is 39.1. The van der Waals surface area contributed by atoms with Crippen molar-refractivity contribution in [2.75, 3.05) is 5.32 Å². The van der Waals surface area contributed by atoms with Crippen molar-refractivity contribution < 1.29 is 18.0 Å². The molecule has 0 unspecified atom stereocenters. The topological polar surface area (TPSA) is 29.1 Å². The highest BCUT2D eigenvalue weighted by Crippen LogP contribution is 2.43. The predicted octanol–water partition coefficient (Wildman–Crippen LogP) is 5.16. The van der Waals surface area contributed by atoms with Gasteiger partial charge < -0.3 is 5.32 Å². The SMILES string of the molecule is O=C(Nc1ccccc1)C1(c2cccc(C(F)(F)F)c2)CCCC1. The summed E-state index contributed by atoms with van der Waals surface area (Å²) in [7, 11) is 0. The lowest BCUT2D eigenvalue weighted by Gasteiger charge is -2.29. The second kappa shape index (κ2) is 6.30. The van der Waals surface area contributed by atoms with E-state index in [0.717, 1.165) is 25.0 Å². The van der Waals surface area contributed by atoms with Gasteiger partial charge in [-0.1, -0.05) is 49.2 Å². The Labute approximate surface area is 138 Å². The number of carbonyl (C=O) groups is 1. The van der Waals surface area contributed by atoms with E-state index in [1.807, 2.05) is 6.07 Å². The van der Waals surface area contributed by atoms with Crippen molar-refractivity contribution in [1.82, 2.24) is 0 Å². The zero-order chi connectivity index (χ0) is 17.2. The molecule has 0 bridgehead atoms. The number of halogens is 3. The number of rotatable bonds is 3. The smallest absolute Gasteiger partial charge is 0.325 e. The second-order valence-electron chi connectivity index (χ2n) is 6.19. The summed E-state index contributed by atoms with van der Waals surface area (Å²) in [6.45, 7) is 0. The van der Waals surface area contributed by atoms with E-state index >= 15 is 0 Å². The number of carbonyl (C=O) groups excluding carboxylic acids is 1. The molecule has 2 aromatic rings. The highest BCUT2D eigenvalue weighted by atomic mass is 19.4. The van der Waals surface area contributed by atoms with Crippen LogP contribution in [0, 0.1) is 0 Å². The van der Waals surface area contributed by atoms with Gasteiger partial charge in [0.15, 0.2) is 0 Å². The maximum Gasteiger partial charge on any atom is 0.416 e. The third kappa shape index (κ3) is 3.16. The monoisotopic (exact) mass is 333 g/mol. The summed E-state index contributed by atoms with van der Waals surface area (Å²) in [6.07, 6.45) is -1.62. The lowest BCUT2D eigenvalue weighted by Crippen LogP contribution is -2.38. The molecule has 0 aromatic heterocycles. The number of nitrogens with one attached hydrogen (secondary N) is 1. The Hall–Kier alpha value is -2.30. The van der Waals surface area contributed by atoms with Crippen molar-refractivity contribution in [1.29, 1.82) is 0 Å². The van der Waals surface area contributed by atoms with Crippen LogP contribution in [0.4, 0.5) is 18.9 Å². The molecule has 1 N–H and O–H groups in total. The van der Waals surface area contributed by atoms with E-state index in [4.69, 9.17) is 0 Å². The molecule has 1 aliphatic carbocycles. The van der Waals surface area contributed by atoms with Crippen LogP contribution in [-0.2, 0) is 16.4 Å². The van der Waals surface area contributed by atoms with Gasteiger partial charge in [0.1, 0.15) is 0 Å². The molecule has 1 fully saturated rings. The molecule has 0 aliphatic heterocycles. The minimum absolute atomic E-state index is 0.231. The minimum Gasteiger partial charge on any atom is -0.325 e. The van der Waals surface area contributed by atoms with Crippen LogP contribution in [0.1, 0.15) is 36.8 Å². The molecule has 0 atom stereocenters. The molecule has 3 rings (SSSR count). The van der Waals surface area contributed by atoms with Crippen LogP contribution in [0.25, 0.3) is 0 Å². The Morgan fingerprint density at radius 2 is 1.62 bits per heavy atom. The summed E-state index contributed by atoms with van der Waals surface area (Å²) in [5.74, 6) is -0.231. The zero-order valence-corrected chi connectivity index (χ0v) is 13.1. The molecule has 2 nitrogen and oxygen atoms in total. The third-order valence-electron chi connectivity index (χ3n) is 4.67. The molecule has 2 aromatic carbocycles. The molecule has 1 amide bonds. The fourth-order valence-electron chi connectivity index (χ4n) is 3.39. The number of para-hydroxylation sites is 1. The lowest BCUT2D eigenvalue weighted by molar-refractivity contribution is -0.137. The highest BCUT2D eigenvalue weighted by molar-refractivity contribution is 5.99. The van der Waals surface area contributed by atoms with E-state index in [1.54, 1.807) is 30.3 Å². The van der Waals surface area contributed by atoms with Crippen LogP contribution in [0.15, 0.2) is 54.6 Å². The zero-order valence-electron chi connectivity index (χ0n) is 13.1. The van der Waals surface area contributed by atoms with Gasteiger partial charge in [-0.05, 0) is 36.6 Å². The van der Waals surface area contributed by atoms with Crippen molar-refractivity contribution >= 4 is 11.6 Å². The number of anilines is 1. The van der Waals surface area contributed by atoms with Gasteiger partial charge in [-0.15, -0.1) is 0 Å². The Balaban J connectivity index is 1.95. The molecule has 0 radical (unpaired) electrons. The van der Waals surface area contributed by atoms with Crippen molar-refractivity contribution in [2.45, 2.75) is 37.3 Å². The van der Waals surface area contributed by atoms with E-state index in [-0.39, 0.29) is 5.91 Å². The van der Waals surface area contributed by atoms with Crippen molar-refractivity contribution in [3.8, 4) is 0 Å². The quantitative estimate of drug-likeness (QED) is 0.826. The molecule has 126 valence electrons. The number of alkyl halides is 3. The first-order valence-corrected chi connectivity index (χ1v) is 7.96. The van der Waals surface area contributed by atoms with Gasteiger partial charge in [0.05, 0.1) is 11.0 Å². The van der Waals surface area contributed by atoms with Crippen LogP contribution in [0.2, 0.25) is 0 Å². The number of hydrogen-bond donors (Lipinski definition) is 1. The Kier molecular flexibility index (Phi) is 4.35. The fourth-order valence-corrected chi connectivity index (χ4v) is 3.39. The highest BCUT2D eigenvalue weighted by Gasteiger charge is 2.43. The van der Waals surface area contributed by atoms with Crippen LogP contribution in [-0.4, -0.2) is 5.91 Å². The minimum atomic E-state index is -4.41. The maximum atomic E-state index is 13.0. The summed E-state index contributed by atoms with van der Waals surface area (Å²) in [4.78, 5) is 12.9. The Morgan fingerprint density at radius 1 is 0.958 bits per heavy atom. The predicted molar refractivity (Wildman–Crippen MR) is 86.7 cm³/mol. The van der Waals surface area contributed by atoms with Gasteiger partial charge in [-0.3, -0.25) is 4.79 Å². The number of hydrogen-bond acceptors (Lipinski definition) is 1. The van der Waals surface area contributed by atoms with Gasteiger partial charge >= 0.3 is 6.18 Å². The maximum absolute atomic E-state index is 13.0. The van der Waals surface area contributed by atoms with Gasteiger partial charge in [-0.2, -0.15) is 13.2 Å². The molecule has 0 spiro atoms. The third-order valence-corrected chi connectivity index (χ3v) is 4.67. The number of benzene rings is 2.